The number of esters is 1. The highest BCUT2D eigenvalue weighted by atomic mass is 79.9. The fourth-order valence-corrected chi connectivity index (χ4v) is 1.86. The Labute approximate surface area is 101 Å². The Morgan fingerprint density at radius 3 is 2.50 bits per heavy atom. The third kappa shape index (κ3) is 3.21. The lowest BCUT2D eigenvalue weighted by molar-refractivity contribution is -0.160. The van der Waals surface area contributed by atoms with E-state index in [1.165, 1.54) is 0 Å². The van der Waals surface area contributed by atoms with E-state index < -0.39 is 3.74 Å². The predicted molar refractivity (Wildman–Crippen MR) is 62.9 cm³/mol. The molecule has 0 aromatic carbocycles. The van der Waals surface area contributed by atoms with Gasteiger partial charge in [-0.2, -0.15) is 0 Å². The van der Waals surface area contributed by atoms with Gasteiger partial charge in [-0.25, -0.2) is 4.79 Å². The number of hydrogen-bond donors (Lipinski definition) is 1. The number of hydrogen-bond acceptors (Lipinski definition) is 3. The lowest BCUT2D eigenvalue weighted by Crippen LogP contribution is -2.45. The Morgan fingerprint density at radius 1 is 1.50 bits per heavy atom. The smallest absolute Gasteiger partial charge is 0.331 e. The average Bonchev–Trinajstić information content (AvgIpc) is 2.19. The van der Waals surface area contributed by atoms with Crippen LogP contribution in [0.25, 0.3) is 0 Å². The first-order valence-electron chi connectivity index (χ1n) is 4.81. The van der Waals surface area contributed by atoms with Gasteiger partial charge in [-0.15, -0.1) is 0 Å². The summed E-state index contributed by atoms with van der Waals surface area (Å²) >= 11 is 6.29. The van der Waals surface area contributed by atoms with Crippen LogP contribution in [0.4, 0.5) is 0 Å². The van der Waals surface area contributed by atoms with Crippen molar-refractivity contribution < 1.29 is 9.53 Å². The zero-order valence-electron chi connectivity index (χ0n) is 8.19. The molecule has 0 spiro atoms. The summed E-state index contributed by atoms with van der Waals surface area (Å²) in [5.74, 6) is -0.228. The van der Waals surface area contributed by atoms with E-state index in [1.807, 2.05) is 0 Å². The Morgan fingerprint density at radius 2 is 2.07 bits per heavy atom. The Hall–Kier alpha value is 0.390. The van der Waals surface area contributed by atoms with E-state index in [4.69, 9.17) is 4.74 Å². The van der Waals surface area contributed by atoms with Crippen LogP contribution in [-0.4, -0.2) is 28.4 Å². The monoisotopic (exact) mass is 327 g/mol. The predicted octanol–water partition coefficient (Wildman–Crippen LogP) is 2.18. The van der Waals surface area contributed by atoms with Crippen LogP contribution >= 0.6 is 31.9 Å². The number of alkyl halides is 2. The molecule has 0 aliphatic carbocycles. The number of nitrogens with one attached hydrogen (secondary N) is 1. The molecule has 0 bridgehead atoms. The van der Waals surface area contributed by atoms with Crippen molar-refractivity contribution in [3.63, 3.8) is 0 Å². The summed E-state index contributed by atoms with van der Waals surface area (Å²) in [4.78, 5) is 11.4. The van der Waals surface area contributed by atoms with Gasteiger partial charge in [0.2, 0.25) is 0 Å². The lowest BCUT2D eigenvalue weighted by atomic mass is 9.89. The molecule has 0 aromatic rings. The van der Waals surface area contributed by atoms with Gasteiger partial charge in [0.05, 0.1) is 0 Å². The van der Waals surface area contributed by atoms with E-state index >= 15 is 0 Å². The van der Waals surface area contributed by atoms with E-state index in [9.17, 15) is 4.79 Å². The molecule has 0 atom stereocenters. The molecule has 0 amide bonds. The molecule has 0 aromatic heterocycles. The summed E-state index contributed by atoms with van der Waals surface area (Å²) in [6.07, 6.45) is 2.69. The van der Waals surface area contributed by atoms with Gasteiger partial charge in [-0.05, 0) is 32.4 Å². The number of rotatable bonds is 3. The van der Waals surface area contributed by atoms with Gasteiger partial charge in [0.25, 0.3) is 0 Å². The van der Waals surface area contributed by atoms with Crippen molar-refractivity contribution in [1.82, 2.24) is 5.32 Å². The van der Waals surface area contributed by atoms with Crippen LogP contribution in [0.2, 0.25) is 0 Å². The second-order valence-corrected chi connectivity index (χ2v) is 6.57. The fourth-order valence-electron chi connectivity index (χ4n) is 1.67. The topological polar surface area (TPSA) is 38.3 Å². The van der Waals surface area contributed by atoms with Crippen molar-refractivity contribution in [2.75, 3.05) is 13.1 Å². The van der Waals surface area contributed by atoms with Crippen LogP contribution in [0.3, 0.4) is 0 Å². The number of halogens is 2. The van der Waals surface area contributed by atoms with Gasteiger partial charge in [0.15, 0.2) is 3.74 Å². The van der Waals surface area contributed by atoms with Gasteiger partial charge in [0.1, 0.15) is 5.60 Å². The summed E-state index contributed by atoms with van der Waals surface area (Å²) in [6, 6.07) is 0. The van der Waals surface area contributed by atoms with Gasteiger partial charge >= 0.3 is 5.97 Å². The molecule has 0 radical (unpaired) electrons. The van der Waals surface area contributed by atoms with Gasteiger partial charge in [0, 0.05) is 0 Å². The SMILES string of the molecule is CCC1(OC(=O)C(Br)Br)CCNCC1. The van der Waals surface area contributed by atoms with Crippen molar-refractivity contribution in [2.45, 2.75) is 35.5 Å². The molecule has 1 rings (SSSR count). The van der Waals surface area contributed by atoms with Crippen molar-refractivity contribution in [2.24, 2.45) is 0 Å². The maximum atomic E-state index is 11.4. The van der Waals surface area contributed by atoms with Gasteiger partial charge < -0.3 is 10.1 Å². The van der Waals surface area contributed by atoms with Crippen LogP contribution < -0.4 is 5.32 Å². The standard InChI is InChI=1S/C9H15Br2NO2/c1-2-9(3-5-12-6-4-9)14-8(13)7(10)11/h7,12H,2-6H2,1H3. The molecule has 0 unspecified atom stereocenters. The van der Waals surface area contributed by atoms with Crippen LogP contribution in [-0.2, 0) is 9.53 Å². The summed E-state index contributed by atoms with van der Waals surface area (Å²) < 4.78 is 5.12. The molecule has 1 N–H and O–H groups in total. The van der Waals surface area contributed by atoms with Gasteiger partial charge in [-0.1, -0.05) is 38.8 Å². The number of piperidine rings is 1. The highest BCUT2D eigenvalue weighted by Gasteiger charge is 2.35. The van der Waals surface area contributed by atoms with Crippen LogP contribution in [0.5, 0.6) is 0 Å². The number of carbonyl (C=O) groups is 1. The largest absolute Gasteiger partial charge is 0.458 e. The minimum Gasteiger partial charge on any atom is -0.458 e. The molecule has 14 heavy (non-hydrogen) atoms. The molecule has 5 heteroatoms. The maximum absolute atomic E-state index is 11.4. The van der Waals surface area contributed by atoms with Crippen LogP contribution in [0.1, 0.15) is 26.2 Å². The minimum atomic E-state index is -0.395. The van der Waals surface area contributed by atoms with Crippen LogP contribution in [0.15, 0.2) is 0 Å². The van der Waals surface area contributed by atoms with E-state index in [1.54, 1.807) is 0 Å². The molecule has 82 valence electrons. The highest BCUT2D eigenvalue weighted by molar-refractivity contribution is 9.25. The zero-order chi connectivity index (χ0) is 10.6. The molecular weight excluding hydrogens is 314 g/mol. The second kappa shape index (κ2) is 5.47. The quantitative estimate of drug-likeness (QED) is 0.637. The number of ether oxygens (including phenoxy) is 1. The first-order valence-corrected chi connectivity index (χ1v) is 6.64. The molecule has 3 nitrogen and oxygen atoms in total. The average molecular weight is 329 g/mol. The summed E-state index contributed by atoms with van der Waals surface area (Å²) in [7, 11) is 0. The van der Waals surface area contributed by atoms with Crippen molar-refractivity contribution in [3.05, 3.63) is 0 Å². The van der Waals surface area contributed by atoms with E-state index in [0.717, 1.165) is 32.4 Å². The Kier molecular flexibility index (Phi) is 4.87. The molecule has 1 aliphatic heterocycles. The molecule has 1 heterocycles. The number of carbonyl (C=O) groups excluding carboxylic acids is 1. The molecule has 1 aliphatic rings. The maximum Gasteiger partial charge on any atom is 0.331 e. The summed E-state index contributed by atoms with van der Waals surface area (Å²) in [6.45, 7) is 3.92. The lowest BCUT2D eigenvalue weighted by Gasteiger charge is -2.36. The highest BCUT2D eigenvalue weighted by Crippen LogP contribution is 2.28. The third-order valence-corrected chi connectivity index (χ3v) is 3.40. The molecular formula is C9H15Br2NO2. The third-order valence-electron chi connectivity index (χ3n) is 2.65. The Balaban J connectivity index is 2.56. The van der Waals surface area contributed by atoms with E-state index in [2.05, 4.69) is 44.1 Å². The molecule has 1 saturated heterocycles. The molecule has 1 fully saturated rings. The first-order chi connectivity index (χ1) is 6.59. The van der Waals surface area contributed by atoms with E-state index in [-0.39, 0.29) is 11.6 Å². The normalized spacial score (nSPS) is 20.9. The molecule has 0 saturated carbocycles. The van der Waals surface area contributed by atoms with Crippen LogP contribution in [0, 0.1) is 0 Å². The minimum absolute atomic E-state index is 0.228. The zero-order valence-corrected chi connectivity index (χ0v) is 11.4. The summed E-state index contributed by atoms with van der Waals surface area (Å²) in [5.41, 5.74) is -0.248. The van der Waals surface area contributed by atoms with Crippen molar-refractivity contribution in [3.8, 4) is 0 Å². The first kappa shape index (κ1) is 12.5. The van der Waals surface area contributed by atoms with Crippen molar-refractivity contribution >= 4 is 37.8 Å². The fraction of sp³-hybridized carbons (Fsp3) is 0.889. The van der Waals surface area contributed by atoms with Crippen molar-refractivity contribution in [1.29, 1.82) is 0 Å². The van der Waals surface area contributed by atoms with Gasteiger partial charge in [-0.3, -0.25) is 0 Å². The second-order valence-electron chi connectivity index (χ2n) is 3.51. The Bertz CT molecular complexity index is 203. The summed E-state index contributed by atoms with van der Waals surface area (Å²) in [5, 5.41) is 3.26. The van der Waals surface area contributed by atoms with E-state index in [0.29, 0.717) is 0 Å².